The van der Waals surface area contributed by atoms with Crippen molar-refractivity contribution in [2.75, 3.05) is 35.0 Å². The first-order valence-electron chi connectivity index (χ1n) is 11.6. The Hall–Kier alpha value is -2.70. The highest BCUT2D eigenvalue weighted by atomic mass is 16.5. The summed E-state index contributed by atoms with van der Waals surface area (Å²) in [5.74, 6) is -0.704. The van der Waals surface area contributed by atoms with Gasteiger partial charge in [0.1, 0.15) is 6.04 Å². The average Bonchev–Trinajstić information content (AvgIpc) is 2.83. The molecule has 0 fully saturated rings. The van der Waals surface area contributed by atoms with Crippen LogP contribution < -0.4 is 29.6 Å². The van der Waals surface area contributed by atoms with Gasteiger partial charge < -0.3 is 44.7 Å². The lowest BCUT2D eigenvalue weighted by Crippen LogP contribution is -2.56. The third-order valence-electron chi connectivity index (χ3n) is 6.14. The van der Waals surface area contributed by atoms with Gasteiger partial charge in [0, 0.05) is 17.0 Å². The molecule has 0 heterocycles. The molecule has 2 amide bonds. The van der Waals surface area contributed by atoms with Crippen molar-refractivity contribution in [2.24, 2.45) is 11.8 Å². The molecule has 0 bridgehead atoms. The van der Waals surface area contributed by atoms with Crippen molar-refractivity contribution in [3.05, 3.63) is 11.1 Å². The van der Waals surface area contributed by atoms with Crippen LogP contribution in [0.1, 0.15) is 37.8 Å². The van der Waals surface area contributed by atoms with Crippen LogP contribution in [0, 0.1) is 11.8 Å². The molecule has 11 nitrogen and oxygen atoms in total. The molecule has 1 aromatic carbocycles. The fourth-order valence-electron chi connectivity index (χ4n) is 4.46. The average molecular weight is 496 g/mol. The van der Waals surface area contributed by atoms with E-state index in [1.165, 1.54) is 28.4 Å². The van der Waals surface area contributed by atoms with Gasteiger partial charge in [-0.3, -0.25) is 9.59 Å². The van der Waals surface area contributed by atoms with Crippen LogP contribution in [-0.2, 0) is 22.4 Å². The second-order valence-electron chi connectivity index (χ2n) is 8.93. The maximum absolute atomic E-state index is 13.1. The van der Waals surface area contributed by atoms with E-state index < -0.39 is 43.4 Å². The summed E-state index contributed by atoms with van der Waals surface area (Å²) in [6, 6.07) is -1.24. The molecule has 0 aliphatic heterocycles. The monoisotopic (exact) mass is 496 g/mol. The first-order chi connectivity index (χ1) is 16.6. The Morgan fingerprint density at radius 2 is 1.49 bits per heavy atom. The van der Waals surface area contributed by atoms with Gasteiger partial charge in [0.15, 0.2) is 11.5 Å². The predicted molar refractivity (Wildman–Crippen MR) is 129 cm³/mol. The van der Waals surface area contributed by atoms with Crippen molar-refractivity contribution in [2.45, 2.75) is 51.5 Å². The molecule has 1 aliphatic rings. The van der Waals surface area contributed by atoms with Crippen molar-refractivity contribution < 1.29 is 43.7 Å². The van der Waals surface area contributed by atoms with Crippen LogP contribution in [0.25, 0.3) is 0 Å². The number of aliphatic hydroxyl groups excluding tert-OH is 1. The number of amides is 2. The molecule has 1 aliphatic carbocycles. The summed E-state index contributed by atoms with van der Waals surface area (Å²) in [6.07, 6.45) is 1.59. The zero-order valence-electron chi connectivity index (χ0n) is 21.2. The van der Waals surface area contributed by atoms with Gasteiger partial charge in [-0.15, -0.1) is 0 Å². The van der Waals surface area contributed by atoms with Gasteiger partial charge in [-0.2, -0.15) is 0 Å². The largest absolute Gasteiger partial charge is 0.492 e. The lowest BCUT2D eigenvalue weighted by atomic mass is 9.75. The summed E-state index contributed by atoms with van der Waals surface area (Å²) >= 11 is 0. The van der Waals surface area contributed by atoms with Crippen LogP contribution in [0.15, 0.2) is 0 Å². The minimum atomic E-state index is -1.76. The molecule has 12 heteroatoms. The third-order valence-corrected chi connectivity index (χ3v) is 6.14. The van der Waals surface area contributed by atoms with E-state index in [0.29, 0.717) is 48.7 Å². The molecule has 3 unspecified atom stereocenters. The van der Waals surface area contributed by atoms with Crippen LogP contribution in [-0.4, -0.2) is 81.1 Å². The molecule has 1 aromatic rings. The van der Waals surface area contributed by atoms with Crippen LogP contribution in [0.5, 0.6) is 23.0 Å². The number of methoxy groups -OCH3 is 4. The molecule has 5 N–H and O–H groups in total. The Morgan fingerprint density at radius 1 is 0.943 bits per heavy atom. The standard InChI is InChI=1S/C23H37BN2O9/c1-12(2)9-17(24(30)31)26-23(29)16(11-27)25-22(28)13-7-8-14-15(10-13)19(33-4)21(35-6)20(34-5)18(14)32-3/h12-13,16-17,27,30-31H,7-11H2,1-6H3,(H,25,28)(H,26,29). The summed E-state index contributed by atoms with van der Waals surface area (Å²) in [4.78, 5) is 25.7. The van der Waals surface area contributed by atoms with E-state index in [1.807, 2.05) is 13.8 Å². The van der Waals surface area contributed by atoms with Gasteiger partial charge in [-0.1, -0.05) is 13.8 Å². The minimum absolute atomic E-state index is 0.0918. The number of fused-ring (bicyclic) bond motifs is 1. The lowest BCUT2D eigenvalue weighted by molar-refractivity contribution is -0.132. The molecular formula is C23H37BN2O9. The Kier molecular flexibility index (Phi) is 10.5. The number of rotatable bonds is 12. The second kappa shape index (κ2) is 12.8. The Bertz CT molecular complexity index is 869. The fraction of sp³-hybridized carbons (Fsp3) is 0.652. The summed E-state index contributed by atoms with van der Waals surface area (Å²) in [5.41, 5.74) is 1.61. The highest BCUT2D eigenvalue weighted by Crippen LogP contribution is 2.52. The Labute approximate surface area is 206 Å². The van der Waals surface area contributed by atoms with Crippen LogP contribution in [0.3, 0.4) is 0 Å². The lowest BCUT2D eigenvalue weighted by Gasteiger charge is -2.30. The zero-order chi connectivity index (χ0) is 26.3. The number of benzene rings is 1. The molecule has 35 heavy (non-hydrogen) atoms. The van der Waals surface area contributed by atoms with E-state index in [4.69, 9.17) is 18.9 Å². The van der Waals surface area contributed by atoms with Crippen molar-refractivity contribution in [1.82, 2.24) is 10.6 Å². The van der Waals surface area contributed by atoms with E-state index in [9.17, 15) is 24.7 Å². The maximum atomic E-state index is 13.1. The Balaban J connectivity index is 2.23. The van der Waals surface area contributed by atoms with Gasteiger partial charge in [0.05, 0.1) is 41.0 Å². The van der Waals surface area contributed by atoms with Gasteiger partial charge in [-0.25, -0.2) is 0 Å². The number of aliphatic hydroxyl groups is 1. The van der Waals surface area contributed by atoms with Crippen LogP contribution in [0.4, 0.5) is 0 Å². The number of carbonyl (C=O) groups excluding carboxylic acids is 2. The van der Waals surface area contributed by atoms with E-state index in [1.54, 1.807) is 0 Å². The number of hydrogen-bond acceptors (Lipinski definition) is 9. The molecule has 0 saturated carbocycles. The van der Waals surface area contributed by atoms with Gasteiger partial charge in [-0.05, 0) is 31.6 Å². The van der Waals surface area contributed by atoms with Crippen molar-refractivity contribution in [3.8, 4) is 23.0 Å². The smallest absolute Gasteiger partial charge is 0.475 e. The zero-order valence-corrected chi connectivity index (χ0v) is 21.2. The molecule has 2 rings (SSSR count). The van der Waals surface area contributed by atoms with Crippen molar-refractivity contribution >= 4 is 18.9 Å². The Morgan fingerprint density at radius 3 is 1.94 bits per heavy atom. The highest BCUT2D eigenvalue weighted by molar-refractivity contribution is 6.43. The van der Waals surface area contributed by atoms with Crippen LogP contribution >= 0.6 is 0 Å². The van der Waals surface area contributed by atoms with Gasteiger partial charge in [0.2, 0.25) is 23.3 Å². The molecule has 0 saturated heterocycles. The number of hydrogen-bond donors (Lipinski definition) is 5. The van der Waals surface area contributed by atoms with Gasteiger partial charge >= 0.3 is 7.12 Å². The summed E-state index contributed by atoms with van der Waals surface area (Å²) in [6.45, 7) is 3.11. The number of carbonyl (C=O) groups is 2. The number of nitrogens with one attached hydrogen (secondary N) is 2. The van der Waals surface area contributed by atoms with E-state index in [-0.39, 0.29) is 5.92 Å². The van der Waals surface area contributed by atoms with Crippen LogP contribution in [0.2, 0.25) is 0 Å². The highest BCUT2D eigenvalue weighted by Gasteiger charge is 2.36. The normalized spacial score (nSPS) is 16.6. The predicted octanol–water partition coefficient (Wildman–Crippen LogP) is -0.154. The van der Waals surface area contributed by atoms with E-state index in [0.717, 1.165) is 11.1 Å². The minimum Gasteiger partial charge on any atom is -0.492 e. The quantitative estimate of drug-likeness (QED) is 0.248. The van der Waals surface area contributed by atoms with Crippen molar-refractivity contribution in [3.63, 3.8) is 0 Å². The van der Waals surface area contributed by atoms with Crippen molar-refractivity contribution in [1.29, 1.82) is 0 Å². The molecule has 196 valence electrons. The topological polar surface area (TPSA) is 156 Å². The summed E-state index contributed by atoms with van der Waals surface area (Å²) in [5, 5.41) is 34.0. The SMILES string of the molecule is COc1c2c(c(OC)c(OC)c1OC)CC(C(=O)NC(CO)C(=O)NC(CC(C)C)B(O)O)CC2. The summed E-state index contributed by atoms with van der Waals surface area (Å²) < 4.78 is 22.2. The fourth-order valence-corrected chi connectivity index (χ4v) is 4.46. The maximum Gasteiger partial charge on any atom is 0.475 e. The van der Waals surface area contributed by atoms with Gasteiger partial charge in [0.25, 0.3) is 0 Å². The second-order valence-corrected chi connectivity index (χ2v) is 8.93. The first-order valence-corrected chi connectivity index (χ1v) is 11.6. The molecule has 0 aromatic heterocycles. The summed E-state index contributed by atoms with van der Waals surface area (Å²) in [7, 11) is 4.26. The molecule has 0 spiro atoms. The molecule has 0 radical (unpaired) electrons. The molecule has 3 atom stereocenters. The first kappa shape index (κ1) is 28.5. The number of ether oxygens (including phenoxy) is 4. The van der Waals surface area contributed by atoms with E-state index in [2.05, 4.69) is 10.6 Å². The van der Waals surface area contributed by atoms with E-state index >= 15 is 0 Å². The molecular weight excluding hydrogens is 459 g/mol. The third kappa shape index (κ3) is 6.50.